The van der Waals surface area contributed by atoms with Gasteiger partial charge in [0.1, 0.15) is 24.9 Å². The first kappa shape index (κ1) is 16.5. The number of pyridine rings is 1. The van der Waals surface area contributed by atoms with Gasteiger partial charge in [-0.1, -0.05) is 6.07 Å². The summed E-state index contributed by atoms with van der Waals surface area (Å²) in [4.78, 5) is 19.7. The van der Waals surface area contributed by atoms with Gasteiger partial charge < -0.3 is 10.1 Å². The molecule has 0 saturated heterocycles. The van der Waals surface area contributed by atoms with Gasteiger partial charge in [-0.25, -0.2) is 23.4 Å². The van der Waals surface area contributed by atoms with E-state index in [0.29, 0.717) is 5.56 Å². The van der Waals surface area contributed by atoms with Gasteiger partial charge >= 0.3 is 0 Å². The quantitative estimate of drug-likeness (QED) is 0.739. The molecule has 25 heavy (non-hydrogen) atoms. The molecule has 1 N–H and O–H groups in total. The van der Waals surface area contributed by atoms with Crippen LogP contribution in [0.2, 0.25) is 0 Å². The van der Waals surface area contributed by atoms with Gasteiger partial charge in [-0.15, -0.1) is 0 Å². The fourth-order valence-electron chi connectivity index (χ4n) is 2.01. The number of amides is 1. The molecule has 0 bridgehead atoms. The zero-order chi connectivity index (χ0) is 17.6. The van der Waals surface area contributed by atoms with Crippen molar-refractivity contribution in [2.45, 2.75) is 13.1 Å². The fraction of sp³-hybridized carbons (Fsp3) is 0.125. The number of ether oxygens (including phenoxy) is 1. The third-order valence-corrected chi connectivity index (χ3v) is 3.20. The minimum Gasteiger partial charge on any atom is -0.439 e. The van der Waals surface area contributed by atoms with Crippen molar-refractivity contribution in [3.63, 3.8) is 0 Å². The summed E-state index contributed by atoms with van der Waals surface area (Å²) >= 11 is 0. The Bertz CT molecular complexity index is 871. The van der Waals surface area contributed by atoms with Crippen molar-refractivity contribution < 1.29 is 18.3 Å². The lowest BCUT2D eigenvalue weighted by Gasteiger charge is -2.11. The number of hydrogen-bond acceptors (Lipinski definition) is 5. The summed E-state index contributed by atoms with van der Waals surface area (Å²) < 4.78 is 33.1. The first-order chi connectivity index (χ1) is 12.1. The number of hydrogen-bond donors (Lipinski definition) is 1. The molecular formula is C16H13F2N5O2. The summed E-state index contributed by atoms with van der Waals surface area (Å²) in [6.07, 6.45) is 4.26. The monoisotopic (exact) mass is 345 g/mol. The molecule has 3 aromatic rings. The lowest BCUT2D eigenvalue weighted by atomic mass is 10.2. The Hall–Kier alpha value is -3.36. The van der Waals surface area contributed by atoms with Gasteiger partial charge in [-0.2, -0.15) is 5.10 Å². The van der Waals surface area contributed by atoms with Gasteiger partial charge in [0.05, 0.1) is 0 Å². The Labute approximate surface area is 141 Å². The van der Waals surface area contributed by atoms with E-state index in [1.54, 1.807) is 12.1 Å². The Kier molecular flexibility index (Phi) is 4.93. The average Bonchev–Trinajstić information content (AvgIpc) is 3.10. The molecule has 3 rings (SSSR count). The highest BCUT2D eigenvalue weighted by molar-refractivity contribution is 5.75. The average molecular weight is 345 g/mol. The molecule has 0 fully saturated rings. The molecule has 0 aliphatic rings. The summed E-state index contributed by atoms with van der Waals surface area (Å²) in [6, 6.07) is 6.57. The van der Waals surface area contributed by atoms with Crippen molar-refractivity contribution in [1.29, 1.82) is 0 Å². The van der Waals surface area contributed by atoms with E-state index in [9.17, 15) is 13.6 Å². The van der Waals surface area contributed by atoms with Crippen LogP contribution in [-0.2, 0) is 17.9 Å². The van der Waals surface area contributed by atoms with Crippen LogP contribution in [0.4, 0.5) is 8.78 Å². The first-order valence-electron chi connectivity index (χ1n) is 7.28. The molecular weight excluding hydrogens is 332 g/mol. The van der Waals surface area contributed by atoms with Crippen LogP contribution in [0, 0.1) is 11.6 Å². The molecule has 0 aliphatic heterocycles. The minimum absolute atomic E-state index is 0.0274. The van der Waals surface area contributed by atoms with E-state index in [0.717, 1.165) is 12.1 Å². The molecule has 0 aliphatic carbocycles. The van der Waals surface area contributed by atoms with Crippen LogP contribution < -0.4 is 10.1 Å². The zero-order valence-corrected chi connectivity index (χ0v) is 12.9. The van der Waals surface area contributed by atoms with Crippen LogP contribution in [0.5, 0.6) is 11.6 Å². The number of carbonyl (C=O) groups is 1. The summed E-state index contributed by atoms with van der Waals surface area (Å²) in [5.41, 5.74) is 0.583. The van der Waals surface area contributed by atoms with Crippen molar-refractivity contribution in [1.82, 2.24) is 25.1 Å². The van der Waals surface area contributed by atoms with Crippen molar-refractivity contribution >= 4 is 5.91 Å². The Balaban J connectivity index is 1.66. The molecule has 9 heteroatoms. The summed E-state index contributed by atoms with van der Waals surface area (Å²) in [5, 5.41) is 6.54. The Morgan fingerprint density at radius 3 is 2.88 bits per heavy atom. The van der Waals surface area contributed by atoms with E-state index in [4.69, 9.17) is 4.74 Å². The molecule has 7 nitrogen and oxygen atoms in total. The van der Waals surface area contributed by atoms with Gasteiger partial charge in [0, 0.05) is 24.4 Å². The number of carbonyl (C=O) groups excluding carboxylic acids is 1. The minimum atomic E-state index is -1.02. The second-order valence-corrected chi connectivity index (χ2v) is 5.02. The smallest absolute Gasteiger partial charge is 0.242 e. The lowest BCUT2D eigenvalue weighted by Crippen LogP contribution is -2.27. The predicted octanol–water partition coefficient (Wildman–Crippen LogP) is 2.06. The number of halogens is 2. The summed E-state index contributed by atoms with van der Waals surface area (Å²) in [6.45, 7) is 0.181. The molecule has 0 unspecified atom stereocenters. The topological polar surface area (TPSA) is 81.9 Å². The third kappa shape index (κ3) is 4.34. The van der Waals surface area contributed by atoms with E-state index in [1.807, 2.05) is 0 Å². The maximum Gasteiger partial charge on any atom is 0.242 e. The van der Waals surface area contributed by atoms with Crippen LogP contribution in [0.3, 0.4) is 0 Å². The van der Waals surface area contributed by atoms with Crippen LogP contribution >= 0.6 is 0 Å². The fourth-order valence-corrected chi connectivity index (χ4v) is 2.01. The van der Waals surface area contributed by atoms with Crippen LogP contribution in [0.25, 0.3) is 0 Å². The van der Waals surface area contributed by atoms with Crippen molar-refractivity contribution in [2.75, 3.05) is 0 Å². The SMILES string of the molecule is O=C(Cn1cncn1)NCc1cccnc1Oc1ccc(F)c(F)c1. The van der Waals surface area contributed by atoms with Gasteiger partial charge in [-0.3, -0.25) is 4.79 Å². The second-order valence-electron chi connectivity index (χ2n) is 5.02. The van der Waals surface area contributed by atoms with E-state index >= 15 is 0 Å². The number of nitrogens with zero attached hydrogens (tertiary/aromatic N) is 4. The molecule has 0 saturated carbocycles. The Morgan fingerprint density at radius 1 is 1.24 bits per heavy atom. The highest BCUT2D eigenvalue weighted by atomic mass is 19.2. The maximum atomic E-state index is 13.3. The van der Waals surface area contributed by atoms with Gasteiger partial charge in [0.2, 0.25) is 11.8 Å². The third-order valence-electron chi connectivity index (χ3n) is 3.20. The standard InChI is InChI=1S/C16H13F2N5O2/c17-13-4-3-12(6-14(13)18)25-16-11(2-1-5-20-16)7-21-15(24)8-23-10-19-9-22-23/h1-6,9-10H,7-8H2,(H,21,24). The maximum absolute atomic E-state index is 13.3. The van der Waals surface area contributed by atoms with Crippen molar-refractivity contribution in [2.24, 2.45) is 0 Å². The summed E-state index contributed by atoms with van der Waals surface area (Å²) in [7, 11) is 0. The van der Waals surface area contributed by atoms with Crippen LogP contribution in [0.1, 0.15) is 5.56 Å². The van der Waals surface area contributed by atoms with Crippen LogP contribution in [0.15, 0.2) is 49.2 Å². The van der Waals surface area contributed by atoms with E-state index in [2.05, 4.69) is 20.4 Å². The predicted molar refractivity (Wildman–Crippen MR) is 82.5 cm³/mol. The molecule has 0 spiro atoms. The molecule has 0 radical (unpaired) electrons. The lowest BCUT2D eigenvalue weighted by molar-refractivity contribution is -0.122. The highest BCUT2D eigenvalue weighted by Crippen LogP contribution is 2.24. The highest BCUT2D eigenvalue weighted by Gasteiger charge is 2.10. The van der Waals surface area contributed by atoms with Crippen molar-refractivity contribution in [3.05, 3.63) is 66.4 Å². The molecule has 2 heterocycles. The Morgan fingerprint density at radius 2 is 2.12 bits per heavy atom. The normalized spacial score (nSPS) is 10.5. The summed E-state index contributed by atoms with van der Waals surface area (Å²) in [5.74, 6) is -1.96. The number of aromatic nitrogens is 4. The van der Waals surface area contributed by atoms with E-state index < -0.39 is 11.6 Å². The molecule has 1 aromatic carbocycles. The van der Waals surface area contributed by atoms with Crippen LogP contribution in [-0.4, -0.2) is 25.7 Å². The van der Waals surface area contributed by atoms with Crippen molar-refractivity contribution in [3.8, 4) is 11.6 Å². The number of rotatable bonds is 6. The number of nitrogens with one attached hydrogen (secondary N) is 1. The zero-order valence-electron chi connectivity index (χ0n) is 12.9. The van der Waals surface area contributed by atoms with Gasteiger partial charge in [-0.05, 0) is 18.2 Å². The van der Waals surface area contributed by atoms with E-state index in [-0.39, 0.29) is 30.6 Å². The number of benzene rings is 1. The molecule has 1 amide bonds. The van der Waals surface area contributed by atoms with Gasteiger partial charge in [0.25, 0.3) is 0 Å². The molecule has 128 valence electrons. The second kappa shape index (κ2) is 7.47. The molecule has 2 aromatic heterocycles. The van der Waals surface area contributed by atoms with E-state index in [1.165, 1.54) is 29.6 Å². The molecule has 0 atom stereocenters. The van der Waals surface area contributed by atoms with Gasteiger partial charge in [0.15, 0.2) is 11.6 Å². The first-order valence-corrected chi connectivity index (χ1v) is 7.28. The largest absolute Gasteiger partial charge is 0.439 e.